The zero-order chi connectivity index (χ0) is 23.7. The van der Waals surface area contributed by atoms with Crippen molar-refractivity contribution in [2.45, 2.75) is 43.7 Å². The first-order valence-corrected chi connectivity index (χ1v) is 11.1. The Kier molecular flexibility index (Phi) is 4.79. The highest BCUT2D eigenvalue weighted by Crippen LogP contribution is 2.64. The molecule has 1 saturated carbocycles. The highest BCUT2D eigenvalue weighted by molar-refractivity contribution is 6.03. The van der Waals surface area contributed by atoms with E-state index in [0.29, 0.717) is 6.07 Å². The number of benzene rings is 2. The van der Waals surface area contributed by atoms with Crippen LogP contribution in [-0.4, -0.2) is 59.4 Å². The molecule has 4 atom stereocenters. The van der Waals surface area contributed by atoms with Crippen LogP contribution in [0.1, 0.15) is 30.9 Å². The molecule has 3 aliphatic rings. The SMILES string of the molecule is CN1CC23Cc4ccc(O)cc4[C@@](C)(C2)[C@@H](N(C)C(=O)CC(=O)Nc2ccc(F)cc2F)C13. The first kappa shape index (κ1) is 21.8. The molecular weight excluding hydrogens is 428 g/mol. The standard InChI is InChI=1S/C25H27F2N3O3/c1-24-12-25(11-14-4-6-16(31)9-17(14)24)13-29(2)23(25)22(24)30(3)21(33)10-20(32)28-19-7-5-15(26)8-18(19)27/h4-9,22-23,31H,10-13H2,1-3H3,(H,28,32)/t22-,23?,24+,25?/m0/s1. The average Bonchev–Trinajstić information content (AvgIpc) is 2.91. The molecule has 2 bridgehead atoms. The Bertz CT molecular complexity index is 1170. The van der Waals surface area contributed by atoms with Gasteiger partial charge in [-0.25, -0.2) is 8.78 Å². The molecule has 8 heteroatoms. The van der Waals surface area contributed by atoms with Crippen LogP contribution >= 0.6 is 0 Å². The lowest BCUT2D eigenvalue weighted by atomic mass is 9.63. The Morgan fingerprint density at radius 3 is 2.70 bits per heavy atom. The number of rotatable bonds is 4. The lowest BCUT2D eigenvalue weighted by molar-refractivity contribution is -0.139. The first-order valence-electron chi connectivity index (χ1n) is 11.1. The topological polar surface area (TPSA) is 72.9 Å². The normalized spacial score (nSPS) is 29.6. The molecule has 2 unspecified atom stereocenters. The van der Waals surface area contributed by atoms with Gasteiger partial charge in [-0.2, -0.15) is 0 Å². The number of carbonyl (C=O) groups excluding carboxylic acids is 2. The van der Waals surface area contributed by atoms with Gasteiger partial charge >= 0.3 is 0 Å². The minimum absolute atomic E-state index is 0.0617. The van der Waals surface area contributed by atoms with Crippen molar-refractivity contribution in [2.24, 2.45) is 5.41 Å². The van der Waals surface area contributed by atoms with E-state index in [1.165, 1.54) is 5.56 Å². The van der Waals surface area contributed by atoms with E-state index >= 15 is 0 Å². The minimum Gasteiger partial charge on any atom is -0.508 e. The number of halogens is 2. The first-order chi connectivity index (χ1) is 15.5. The lowest BCUT2D eigenvalue weighted by Crippen LogP contribution is -2.67. The summed E-state index contributed by atoms with van der Waals surface area (Å²) < 4.78 is 27.0. The van der Waals surface area contributed by atoms with Gasteiger partial charge in [0.05, 0.1) is 11.7 Å². The molecule has 6 nitrogen and oxygen atoms in total. The van der Waals surface area contributed by atoms with Crippen LogP contribution in [-0.2, 0) is 21.4 Å². The Morgan fingerprint density at radius 1 is 1.24 bits per heavy atom. The molecule has 2 aromatic rings. The molecule has 1 heterocycles. The molecule has 2 aromatic carbocycles. The average molecular weight is 456 g/mol. The number of nitrogens with zero attached hydrogens (tertiary/aromatic N) is 2. The van der Waals surface area contributed by atoms with Gasteiger partial charge < -0.3 is 20.2 Å². The predicted octanol–water partition coefficient (Wildman–Crippen LogP) is 3.04. The molecule has 2 aliphatic carbocycles. The van der Waals surface area contributed by atoms with E-state index in [1.807, 2.05) is 12.1 Å². The number of likely N-dealkylation sites (tertiary alicyclic amines) is 1. The number of phenolic OH excluding ortho intramolecular Hbond substituents is 1. The van der Waals surface area contributed by atoms with Gasteiger partial charge in [0.1, 0.15) is 23.8 Å². The summed E-state index contributed by atoms with van der Waals surface area (Å²) in [6.45, 7) is 3.08. The quantitative estimate of drug-likeness (QED) is 0.696. The van der Waals surface area contributed by atoms with Gasteiger partial charge in [0.2, 0.25) is 11.8 Å². The fraction of sp³-hybridized carbons (Fsp3) is 0.440. The van der Waals surface area contributed by atoms with E-state index < -0.39 is 24.0 Å². The maximum Gasteiger partial charge on any atom is 0.233 e. The second kappa shape index (κ2) is 7.25. The molecule has 5 rings (SSSR count). The van der Waals surface area contributed by atoms with Crippen LogP contribution in [0.15, 0.2) is 36.4 Å². The third-order valence-electron chi connectivity index (χ3n) is 7.92. The number of carbonyl (C=O) groups is 2. The van der Waals surface area contributed by atoms with Crippen molar-refractivity contribution in [3.8, 4) is 5.75 Å². The summed E-state index contributed by atoms with van der Waals surface area (Å²) >= 11 is 0. The summed E-state index contributed by atoms with van der Waals surface area (Å²) in [7, 11) is 3.77. The Labute approximate surface area is 191 Å². The molecule has 0 aromatic heterocycles. The number of hydrogen-bond acceptors (Lipinski definition) is 4. The molecule has 2 N–H and O–H groups in total. The Hall–Kier alpha value is -3.00. The van der Waals surface area contributed by atoms with E-state index in [0.717, 1.165) is 37.1 Å². The summed E-state index contributed by atoms with van der Waals surface area (Å²) in [5, 5.41) is 12.5. The molecule has 1 aliphatic heterocycles. The van der Waals surface area contributed by atoms with Crippen LogP contribution in [0.4, 0.5) is 14.5 Å². The second-order valence-electron chi connectivity index (χ2n) is 10.1. The Balaban J connectivity index is 1.40. The third kappa shape index (κ3) is 3.22. The monoisotopic (exact) mass is 455 g/mol. The van der Waals surface area contributed by atoms with Crippen LogP contribution in [0.2, 0.25) is 0 Å². The van der Waals surface area contributed by atoms with Crippen LogP contribution in [0, 0.1) is 17.0 Å². The molecule has 1 saturated heterocycles. The third-order valence-corrected chi connectivity index (χ3v) is 7.92. The zero-order valence-corrected chi connectivity index (χ0v) is 18.9. The maximum absolute atomic E-state index is 13.9. The van der Waals surface area contributed by atoms with Gasteiger partial charge in [-0.05, 0) is 55.3 Å². The van der Waals surface area contributed by atoms with Gasteiger partial charge in [0.15, 0.2) is 0 Å². The van der Waals surface area contributed by atoms with Gasteiger partial charge in [-0.15, -0.1) is 0 Å². The van der Waals surface area contributed by atoms with Crippen molar-refractivity contribution in [3.05, 3.63) is 59.2 Å². The highest BCUT2D eigenvalue weighted by Gasteiger charge is 2.70. The fourth-order valence-electron chi connectivity index (χ4n) is 6.91. The summed E-state index contributed by atoms with van der Waals surface area (Å²) in [6, 6.07) is 8.33. The van der Waals surface area contributed by atoms with Gasteiger partial charge in [0.25, 0.3) is 0 Å². The van der Waals surface area contributed by atoms with Crippen LogP contribution in [0.5, 0.6) is 5.75 Å². The van der Waals surface area contributed by atoms with Gasteiger partial charge in [-0.3, -0.25) is 9.59 Å². The molecular formula is C25H27F2N3O3. The predicted molar refractivity (Wildman–Crippen MR) is 119 cm³/mol. The fourth-order valence-corrected chi connectivity index (χ4v) is 6.91. The van der Waals surface area contributed by atoms with Crippen molar-refractivity contribution in [3.63, 3.8) is 0 Å². The molecule has 2 amide bonds. The van der Waals surface area contributed by atoms with Crippen molar-refractivity contribution in [2.75, 3.05) is 26.0 Å². The largest absolute Gasteiger partial charge is 0.508 e. The van der Waals surface area contributed by atoms with Crippen molar-refractivity contribution >= 4 is 17.5 Å². The lowest BCUT2D eigenvalue weighted by Gasteiger charge is -2.55. The number of amides is 2. The van der Waals surface area contributed by atoms with Crippen LogP contribution in [0.3, 0.4) is 0 Å². The Morgan fingerprint density at radius 2 is 2.00 bits per heavy atom. The minimum atomic E-state index is -0.893. The maximum atomic E-state index is 13.9. The van der Waals surface area contributed by atoms with E-state index in [-0.39, 0.29) is 40.3 Å². The zero-order valence-electron chi connectivity index (χ0n) is 18.9. The number of hydrogen-bond donors (Lipinski definition) is 2. The molecule has 174 valence electrons. The molecule has 0 radical (unpaired) electrons. The van der Waals surface area contributed by atoms with Gasteiger partial charge in [0, 0.05) is 36.5 Å². The summed E-state index contributed by atoms with van der Waals surface area (Å²) in [6.07, 6.45) is 1.35. The number of fused-ring (bicyclic) bond motifs is 3. The summed E-state index contributed by atoms with van der Waals surface area (Å²) in [5.41, 5.74) is 1.78. The van der Waals surface area contributed by atoms with Crippen molar-refractivity contribution in [1.29, 1.82) is 0 Å². The summed E-state index contributed by atoms with van der Waals surface area (Å²) in [4.78, 5) is 29.6. The second-order valence-corrected chi connectivity index (χ2v) is 10.1. The van der Waals surface area contributed by atoms with Crippen molar-refractivity contribution in [1.82, 2.24) is 9.80 Å². The van der Waals surface area contributed by atoms with E-state index in [2.05, 4.69) is 24.2 Å². The van der Waals surface area contributed by atoms with Crippen LogP contribution in [0.25, 0.3) is 0 Å². The van der Waals surface area contributed by atoms with E-state index in [4.69, 9.17) is 0 Å². The molecule has 1 spiro atoms. The van der Waals surface area contributed by atoms with E-state index in [9.17, 15) is 23.5 Å². The smallest absolute Gasteiger partial charge is 0.233 e. The number of phenols is 1. The van der Waals surface area contributed by atoms with Gasteiger partial charge in [-0.1, -0.05) is 13.0 Å². The summed E-state index contributed by atoms with van der Waals surface area (Å²) in [5.74, 6) is -2.46. The van der Waals surface area contributed by atoms with Crippen molar-refractivity contribution < 1.29 is 23.5 Å². The molecule has 33 heavy (non-hydrogen) atoms. The number of aromatic hydroxyl groups is 1. The number of nitrogens with one attached hydrogen (secondary N) is 1. The number of likely N-dealkylation sites (N-methyl/N-ethyl adjacent to an activating group) is 2. The van der Waals surface area contributed by atoms with E-state index in [1.54, 1.807) is 18.0 Å². The number of anilines is 1. The molecule has 2 fully saturated rings. The van der Waals surface area contributed by atoms with Crippen LogP contribution < -0.4 is 5.32 Å². The highest BCUT2D eigenvalue weighted by atomic mass is 19.1.